The Bertz CT molecular complexity index is 1160. The lowest BCUT2D eigenvalue weighted by Crippen LogP contribution is -2.57. The highest BCUT2D eigenvalue weighted by Gasteiger charge is 2.53. The molecule has 0 saturated heterocycles. The van der Waals surface area contributed by atoms with Crippen molar-refractivity contribution in [1.82, 2.24) is 0 Å². The molecule has 6 rings (SSSR count). The lowest BCUT2D eigenvalue weighted by Gasteiger charge is -2.27. The normalized spacial score (nSPS) is 14.1. The van der Waals surface area contributed by atoms with Crippen molar-refractivity contribution in [3.8, 4) is 0 Å². The van der Waals surface area contributed by atoms with Gasteiger partial charge < -0.3 is 4.81 Å². The van der Waals surface area contributed by atoms with E-state index in [-0.39, 0.29) is 6.98 Å². The number of hydrogen-bond acceptors (Lipinski definition) is 2. The van der Waals surface area contributed by atoms with Crippen LogP contribution >= 0.6 is 0 Å². The second-order valence-electron chi connectivity index (χ2n) is 7.33. The van der Waals surface area contributed by atoms with Crippen molar-refractivity contribution in [3.63, 3.8) is 0 Å². The number of rotatable bonds is 2. The van der Waals surface area contributed by atoms with Crippen LogP contribution in [0.2, 0.25) is 0 Å². The third-order valence-corrected chi connectivity index (χ3v) is 5.72. The second kappa shape index (κ2) is 5.99. The number of para-hydroxylation sites is 2. The SMILES string of the molecule is c1ccc(B2N(c3ccccc3)c3cccc4c3N2c2cccc[n+]2C4)cc1. The minimum Gasteiger partial charge on any atom is -0.336 e. The van der Waals surface area contributed by atoms with Crippen LogP contribution in [0.1, 0.15) is 5.56 Å². The highest BCUT2D eigenvalue weighted by molar-refractivity contribution is 6.84. The molecule has 2 aliphatic rings. The van der Waals surface area contributed by atoms with E-state index in [4.69, 9.17) is 0 Å². The first kappa shape index (κ1) is 15.5. The van der Waals surface area contributed by atoms with Crippen LogP contribution in [0.25, 0.3) is 0 Å². The maximum absolute atomic E-state index is 2.50. The van der Waals surface area contributed by atoms with Crippen LogP contribution in [0, 0.1) is 0 Å². The standard InChI is InChI=1S/C24H19BN3/c1-3-11-20(12-4-1)25-27(21-13-5-2-6-14-21)22-15-9-10-19-18-26-17-8-7-16-23(26)28(25)24(19)22/h1-17H,18H2/q+1. The van der Waals surface area contributed by atoms with E-state index >= 15 is 0 Å². The molecular weight excluding hydrogens is 341 g/mol. The fourth-order valence-corrected chi connectivity index (χ4v) is 4.58. The van der Waals surface area contributed by atoms with Crippen LogP contribution in [0.4, 0.5) is 22.9 Å². The van der Waals surface area contributed by atoms with Gasteiger partial charge in [-0.1, -0.05) is 66.7 Å². The number of aromatic nitrogens is 1. The molecule has 132 valence electrons. The van der Waals surface area contributed by atoms with Gasteiger partial charge in [-0.15, -0.1) is 0 Å². The monoisotopic (exact) mass is 360 g/mol. The van der Waals surface area contributed by atoms with Gasteiger partial charge in [0.1, 0.15) is 12.2 Å². The first-order chi connectivity index (χ1) is 13.9. The van der Waals surface area contributed by atoms with E-state index in [9.17, 15) is 0 Å². The summed E-state index contributed by atoms with van der Waals surface area (Å²) in [7, 11) is 0. The van der Waals surface area contributed by atoms with Crippen molar-refractivity contribution < 1.29 is 4.57 Å². The fraction of sp³-hybridized carbons (Fsp3) is 0.0417. The number of anilines is 4. The van der Waals surface area contributed by atoms with Gasteiger partial charge in [-0.25, -0.2) is 4.57 Å². The molecule has 3 aromatic carbocycles. The van der Waals surface area contributed by atoms with Crippen molar-refractivity contribution in [3.05, 3.63) is 109 Å². The number of nitrogens with zero attached hydrogens (tertiary/aromatic N) is 3. The zero-order valence-electron chi connectivity index (χ0n) is 15.4. The molecule has 0 amide bonds. The lowest BCUT2D eigenvalue weighted by atomic mass is 9.64. The predicted molar refractivity (Wildman–Crippen MR) is 115 cm³/mol. The Morgan fingerprint density at radius 1 is 0.679 bits per heavy atom. The van der Waals surface area contributed by atoms with E-state index in [0.717, 1.165) is 6.54 Å². The lowest BCUT2D eigenvalue weighted by molar-refractivity contribution is -0.676. The number of fused-ring (bicyclic) bond motifs is 2. The molecule has 0 bridgehead atoms. The van der Waals surface area contributed by atoms with E-state index in [2.05, 4.69) is 117 Å². The summed E-state index contributed by atoms with van der Waals surface area (Å²) in [5.74, 6) is 1.23. The van der Waals surface area contributed by atoms with Gasteiger partial charge in [0.05, 0.1) is 11.9 Å². The van der Waals surface area contributed by atoms with Crippen molar-refractivity contribution in [2.24, 2.45) is 0 Å². The average Bonchev–Trinajstić information content (AvgIpc) is 3.12. The van der Waals surface area contributed by atoms with Gasteiger partial charge in [-0.3, -0.25) is 4.81 Å². The minimum atomic E-state index is 0.0775. The van der Waals surface area contributed by atoms with Gasteiger partial charge in [-0.05, 0) is 29.7 Å². The molecule has 0 spiro atoms. The predicted octanol–water partition coefficient (Wildman–Crippen LogP) is 4.02. The van der Waals surface area contributed by atoms with Crippen molar-refractivity contribution in [1.29, 1.82) is 0 Å². The maximum atomic E-state index is 2.50. The first-order valence-electron chi connectivity index (χ1n) is 9.71. The third kappa shape index (κ3) is 2.15. The fourth-order valence-electron chi connectivity index (χ4n) is 4.58. The molecule has 0 saturated carbocycles. The van der Waals surface area contributed by atoms with Crippen LogP contribution < -0.4 is 19.7 Å². The molecule has 4 aromatic rings. The Labute approximate surface area is 165 Å². The molecule has 1 aromatic heterocycles. The van der Waals surface area contributed by atoms with Crippen LogP contribution in [0.5, 0.6) is 0 Å². The number of hydrogen-bond donors (Lipinski definition) is 0. The maximum Gasteiger partial charge on any atom is 0.542 e. The molecular formula is C24H19BN3+. The second-order valence-corrected chi connectivity index (χ2v) is 7.33. The molecule has 4 heteroatoms. The minimum absolute atomic E-state index is 0.0775. The number of benzene rings is 3. The van der Waals surface area contributed by atoms with Crippen LogP contribution in [0.15, 0.2) is 103 Å². The molecule has 0 fully saturated rings. The summed E-state index contributed by atoms with van der Waals surface area (Å²) < 4.78 is 2.34. The van der Waals surface area contributed by atoms with E-state index < -0.39 is 0 Å². The van der Waals surface area contributed by atoms with Gasteiger partial charge in [0.15, 0.2) is 0 Å². The van der Waals surface area contributed by atoms with Crippen LogP contribution in [-0.4, -0.2) is 6.98 Å². The van der Waals surface area contributed by atoms with Crippen LogP contribution in [-0.2, 0) is 6.54 Å². The molecule has 0 radical (unpaired) electrons. The summed E-state index contributed by atoms with van der Waals surface area (Å²) in [5.41, 5.74) is 6.45. The molecule has 2 aliphatic heterocycles. The number of pyridine rings is 1. The van der Waals surface area contributed by atoms with Gasteiger partial charge >= 0.3 is 6.98 Å². The Kier molecular flexibility index (Phi) is 3.32. The van der Waals surface area contributed by atoms with E-state index in [0.29, 0.717) is 0 Å². The van der Waals surface area contributed by atoms with E-state index in [1.54, 1.807) is 0 Å². The van der Waals surface area contributed by atoms with Gasteiger partial charge in [0.2, 0.25) is 0 Å². The molecule has 0 atom stereocenters. The Hall–Kier alpha value is -3.53. The Morgan fingerprint density at radius 3 is 2.25 bits per heavy atom. The molecule has 0 N–H and O–H groups in total. The zero-order chi connectivity index (χ0) is 18.5. The molecule has 28 heavy (non-hydrogen) atoms. The summed E-state index contributed by atoms with van der Waals surface area (Å²) >= 11 is 0. The largest absolute Gasteiger partial charge is 0.542 e. The first-order valence-corrected chi connectivity index (χ1v) is 9.71. The molecule has 3 nitrogen and oxygen atoms in total. The van der Waals surface area contributed by atoms with E-state index in [1.807, 2.05) is 0 Å². The van der Waals surface area contributed by atoms with Crippen molar-refractivity contribution in [2.75, 3.05) is 9.62 Å². The zero-order valence-corrected chi connectivity index (χ0v) is 15.4. The topological polar surface area (TPSA) is 10.4 Å². The summed E-state index contributed by atoms with van der Waals surface area (Å²) in [6.07, 6.45) is 2.18. The smallest absolute Gasteiger partial charge is 0.336 e. The highest BCUT2D eigenvalue weighted by atomic mass is 15.3. The summed E-state index contributed by atoms with van der Waals surface area (Å²) in [5, 5.41) is 0. The molecule has 3 heterocycles. The van der Waals surface area contributed by atoms with Crippen molar-refractivity contribution in [2.45, 2.75) is 6.54 Å². The Balaban J connectivity index is 1.66. The van der Waals surface area contributed by atoms with Gasteiger partial charge in [0.25, 0.3) is 5.82 Å². The van der Waals surface area contributed by atoms with Crippen LogP contribution in [0.3, 0.4) is 0 Å². The highest BCUT2D eigenvalue weighted by Crippen LogP contribution is 2.48. The average molecular weight is 360 g/mol. The van der Waals surface area contributed by atoms with Gasteiger partial charge in [-0.2, -0.15) is 0 Å². The van der Waals surface area contributed by atoms with E-state index in [1.165, 1.54) is 33.9 Å². The third-order valence-electron chi connectivity index (χ3n) is 5.72. The van der Waals surface area contributed by atoms with Gasteiger partial charge in [0, 0.05) is 17.3 Å². The summed E-state index contributed by atoms with van der Waals surface area (Å²) in [6, 6.07) is 34.7. The molecule has 0 aliphatic carbocycles. The summed E-state index contributed by atoms with van der Waals surface area (Å²) in [4.78, 5) is 4.97. The summed E-state index contributed by atoms with van der Waals surface area (Å²) in [6.45, 7) is 0.980. The quantitative estimate of drug-likeness (QED) is 0.395. The van der Waals surface area contributed by atoms with Crippen molar-refractivity contribution >= 4 is 35.3 Å². The Morgan fingerprint density at radius 2 is 1.43 bits per heavy atom. The molecule has 0 unspecified atom stereocenters.